The van der Waals surface area contributed by atoms with Crippen molar-refractivity contribution in [2.45, 2.75) is 51.1 Å². The van der Waals surface area contributed by atoms with E-state index < -0.39 is 0 Å². The maximum absolute atomic E-state index is 3.68. The minimum Gasteiger partial charge on any atom is -0.313 e. The molecule has 0 aromatic carbocycles. The summed E-state index contributed by atoms with van der Waals surface area (Å²) < 4.78 is 0. The van der Waals surface area contributed by atoms with Crippen molar-refractivity contribution in [3.8, 4) is 0 Å². The molecule has 2 aliphatic rings. The van der Waals surface area contributed by atoms with Gasteiger partial charge in [-0.2, -0.15) is 0 Å². The molecule has 3 nitrogen and oxygen atoms in total. The van der Waals surface area contributed by atoms with Gasteiger partial charge in [0.1, 0.15) is 0 Å². The summed E-state index contributed by atoms with van der Waals surface area (Å²) in [7, 11) is 2.26. The molecule has 0 aromatic heterocycles. The molecule has 100 valence electrons. The van der Waals surface area contributed by atoms with Crippen molar-refractivity contribution in [3.63, 3.8) is 0 Å². The molecule has 0 amide bonds. The molecule has 2 heterocycles. The van der Waals surface area contributed by atoms with Gasteiger partial charge in [0, 0.05) is 25.2 Å². The van der Waals surface area contributed by atoms with Crippen LogP contribution >= 0.6 is 0 Å². The van der Waals surface area contributed by atoms with Crippen molar-refractivity contribution in [2.24, 2.45) is 0 Å². The summed E-state index contributed by atoms with van der Waals surface area (Å²) in [6.45, 7) is 8.56. The number of hydrogen-bond donors (Lipinski definition) is 1. The molecule has 2 rings (SSSR count). The van der Waals surface area contributed by atoms with Crippen LogP contribution in [0.3, 0.4) is 0 Å². The van der Waals surface area contributed by atoms with Gasteiger partial charge in [0.15, 0.2) is 0 Å². The van der Waals surface area contributed by atoms with E-state index in [1.165, 1.54) is 64.8 Å². The van der Waals surface area contributed by atoms with Crippen molar-refractivity contribution < 1.29 is 0 Å². The first-order chi connectivity index (χ1) is 8.29. The minimum atomic E-state index is 0.746. The van der Waals surface area contributed by atoms with Crippen molar-refractivity contribution in [1.29, 1.82) is 0 Å². The molecule has 0 bridgehead atoms. The minimum absolute atomic E-state index is 0.746. The van der Waals surface area contributed by atoms with Crippen LogP contribution in [0.4, 0.5) is 0 Å². The van der Waals surface area contributed by atoms with Crippen molar-refractivity contribution in [3.05, 3.63) is 0 Å². The average molecular weight is 239 g/mol. The van der Waals surface area contributed by atoms with E-state index >= 15 is 0 Å². The highest BCUT2D eigenvalue weighted by Gasteiger charge is 2.25. The monoisotopic (exact) mass is 239 g/mol. The Bertz CT molecular complexity index is 214. The van der Waals surface area contributed by atoms with E-state index in [0.717, 1.165) is 12.1 Å². The van der Waals surface area contributed by atoms with E-state index in [0.29, 0.717) is 0 Å². The second-order valence-electron chi connectivity index (χ2n) is 5.79. The average Bonchev–Trinajstić information content (AvgIpc) is 2.37. The van der Waals surface area contributed by atoms with Gasteiger partial charge in [0.25, 0.3) is 0 Å². The first-order valence-electron chi connectivity index (χ1n) is 7.45. The largest absolute Gasteiger partial charge is 0.313 e. The summed E-state index contributed by atoms with van der Waals surface area (Å²) in [6.07, 6.45) is 6.92. The van der Waals surface area contributed by atoms with Crippen LogP contribution in [-0.2, 0) is 0 Å². The fourth-order valence-corrected chi connectivity index (χ4v) is 3.34. The van der Waals surface area contributed by atoms with E-state index in [-0.39, 0.29) is 0 Å². The summed E-state index contributed by atoms with van der Waals surface area (Å²) in [4.78, 5) is 5.20. The first kappa shape index (κ1) is 13.3. The fraction of sp³-hybridized carbons (Fsp3) is 1.00. The van der Waals surface area contributed by atoms with Gasteiger partial charge in [-0.25, -0.2) is 0 Å². The molecule has 2 fully saturated rings. The van der Waals surface area contributed by atoms with Crippen molar-refractivity contribution in [1.82, 2.24) is 15.1 Å². The Morgan fingerprint density at radius 2 is 2.12 bits per heavy atom. The van der Waals surface area contributed by atoms with Crippen molar-refractivity contribution in [2.75, 3.05) is 39.8 Å². The zero-order valence-corrected chi connectivity index (χ0v) is 11.6. The zero-order valence-electron chi connectivity index (χ0n) is 11.6. The highest BCUT2D eigenvalue weighted by atomic mass is 15.2. The third-order valence-corrected chi connectivity index (χ3v) is 4.39. The molecule has 0 radical (unpaired) electrons. The van der Waals surface area contributed by atoms with E-state index in [1.807, 2.05) is 0 Å². The Labute approximate surface area is 107 Å². The molecule has 0 aliphatic carbocycles. The van der Waals surface area contributed by atoms with Gasteiger partial charge in [-0.1, -0.05) is 13.3 Å². The Balaban J connectivity index is 1.82. The van der Waals surface area contributed by atoms with Crippen LogP contribution in [0.5, 0.6) is 0 Å². The molecular formula is C14H29N3. The molecule has 3 heteroatoms. The normalized spacial score (nSPS) is 31.9. The second-order valence-corrected chi connectivity index (χ2v) is 5.79. The third kappa shape index (κ3) is 3.94. The zero-order chi connectivity index (χ0) is 12.1. The summed E-state index contributed by atoms with van der Waals surface area (Å²) in [5.74, 6) is 0. The van der Waals surface area contributed by atoms with Crippen LogP contribution in [-0.4, -0.2) is 61.7 Å². The number of nitrogens with one attached hydrogen (secondary N) is 1. The Morgan fingerprint density at radius 1 is 1.24 bits per heavy atom. The van der Waals surface area contributed by atoms with Crippen LogP contribution in [0, 0.1) is 0 Å². The number of nitrogens with zero attached hydrogens (tertiary/aromatic N) is 2. The third-order valence-electron chi connectivity index (χ3n) is 4.39. The highest BCUT2D eigenvalue weighted by molar-refractivity contribution is 4.83. The van der Waals surface area contributed by atoms with Crippen LogP contribution in [0.1, 0.15) is 39.0 Å². The van der Waals surface area contributed by atoms with Gasteiger partial charge in [-0.3, -0.25) is 4.90 Å². The molecular weight excluding hydrogens is 210 g/mol. The lowest BCUT2D eigenvalue weighted by Crippen LogP contribution is -2.51. The van der Waals surface area contributed by atoms with Gasteiger partial charge < -0.3 is 10.2 Å². The van der Waals surface area contributed by atoms with Crippen LogP contribution < -0.4 is 5.32 Å². The summed E-state index contributed by atoms with van der Waals surface area (Å²) >= 11 is 0. The first-order valence-corrected chi connectivity index (χ1v) is 7.45. The van der Waals surface area contributed by atoms with Gasteiger partial charge in [-0.15, -0.1) is 0 Å². The molecule has 0 saturated carbocycles. The number of likely N-dealkylation sites (tertiary alicyclic amines) is 1. The van der Waals surface area contributed by atoms with E-state index in [4.69, 9.17) is 0 Å². The number of piperidine rings is 2. The SMILES string of the molecule is CCN(CC1CCCCN1)C1CCCN(C)C1. The Kier molecular flexibility index (Phi) is 5.26. The Hall–Kier alpha value is -0.120. The smallest absolute Gasteiger partial charge is 0.0224 e. The molecule has 1 N–H and O–H groups in total. The standard InChI is InChI=1S/C14H29N3/c1-3-17(11-13-7-4-5-9-15-13)14-8-6-10-16(2)12-14/h13-15H,3-12H2,1-2H3. The topological polar surface area (TPSA) is 18.5 Å². The van der Waals surface area contributed by atoms with Crippen LogP contribution in [0.15, 0.2) is 0 Å². The number of rotatable bonds is 4. The van der Waals surface area contributed by atoms with Gasteiger partial charge in [-0.05, 0) is 52.4 Å². The second kappa shape index (κ2) is 6.72. The lowest BCUT2D eigenvalue weighted by Gasteiger charge is -2.39. The predicted octanol–water partition coefficient (Wildman–Crippen LogP) is 1.54. The van der Waals surface area contributed by atoms with Crippen molar-refractivity contribution >= 4 is 0 Å². The van der Waals surface area contributed by atoms with Crippen LogP contribution in [0.25, 0.3) is 0 Å². The van der Waals surface area contributed by atoms with E-state index in [2.05, 4.69) is 29.1 Å². The molecule has 0 spiro atoms. The Morgan fingerprint density at radius 3 is 2.76 bits per heavy atom. The van der Waals surface area contributed by atoms with Gasteiger partial charge in [0.05, 0.1) is 0 Å². The fourth-order valence-electron chi connectivity index (χ4n) is 3.34. The predicted molar refractivity (Wildman–Crippen MR) is 73.4 cm³/mol. The molecule has 17 heavy (non-hydrogen) atoms. The highest BCUT2D eigenvalue weighted by Crippen LogP contribution is 2.17. The molecule has 2 atom stereocenters. The summed E-state index contributed by atoms with van der Waals surface area (Å²) in [5, 5.41) is 3.68. The summed E-state index contributed by atoms with van der Waals surface area (Å²) in [5.41, 5.74) is 0. The lowest BCUT2D eigenvalue weighted by atomic mass is 10.0. The molecule has 2 saturated heterocycles. The number of hydrogen-bond acceptors (Lipinski definition) is 3. The maximum Gasteiger partial charge on any atom is 0.0224 e. The van der Waals surface area contributed by atoms with Gasteiger partial charge in [0.2, 0.25) is 0 Å². The number of likely N-dealkylation sites (N-methyl/N-ethyl adjacent to an activating group) is 2. The summed E-state index contributed by atoms with van der Waals surface area (Å²) in [6, 6.07) is 1.54. The molecule has 2 unspecified atom stereocenters. The van der Waals surface area contributed by atoms with Crippen LogP contribution in [0.2, 0.25) is 0 Å². The molecule has 2 aliphatic heterocycles. The van der Waals surface area contributed by atoms with Gasteiger partial charge >= 0.3 is 0 Å². The maximum atomic E-state index is 3.68. The van der Waals surface area contributed by atoms with E-state index in [1.54, 1.807) is 0 Å². The van der Waals surface area contributed by atoms with E-state index in [9.17, 15) is 0 Å². The quantitative estimate of drug-likeness (QED) is 0.803. The lowest BCUT2D eigenvalue weighted by molar-refractivity contribution is 0.103. The molecule has 0 aromatic rings.